The van der Waals surface area contributed by atoms with Gasteiger partial charge in [0.2, 0.25) is 11.8 Å². The predicted molar refractivity (Wildman–Crippen MR) is 179 cm³/mol. The average molecular weight is 629 g/mol. The monoisotopic (exact) mass is 628 g/mol. The van der Waals surface area contributed by atoms with E-state index in [1.165, 1.54) is 7.11 Å². The van der Waals surface area contributed by atoms with Crippen LogP contribution in [0.5, 0.6) is 11.8 Å². The van der Waals surface area contributed by atoms with Gasteiger partial charge in [0, 0.05) is 74.9 Å². The Labute approximate surface area is 264 Å². The molecule has 0 aliphatic rings. The topological polar surface area (TPSA) is 96.8 Å². The number of methoxy groups -OCH3 is 4. The molecule has 0 bridgehead atoms. The second kappa shape index (κ2) is 21.4. The van der Waals surface area contributed by atoms with Crippen LogP contribution in [0.2, 0.25) is 0 Å². The first kappa shape index (κ1) is 37.7. The van der Waals surface area contributed by atoms with Crippen LogP contribution in [0, 0.1) is 13.8 Å². The molecule has 10 heteroatoms. The van der Waals surface area contributed by atoms with Crippen LogP contribution in [0.1, 0.15) is 38.1 Å². The number of aldehydes is 1. The van der Waals surface area contributed by atoms with E-state index in [-0.39, 0.29) is 5.97 Å². The number of aryl methyl sites for hydroxylation is 2. The maximum absolute atomic E-state index is 11.2. The van der Waals surface area contributed by atoms with E-state index in [1.807, 2.05) is 64.1 Å². The highest BCUT2D eigenvalue weighted by Crippen LogP contribution is 2.34. The molecule has 0 aliphatic heterocycles. The summed E-state index contributed by atoms with van der Waals surface area (Å²) in [4.78, 5) is 32.6. The van der Waals surface area contributed by atoms with Crippen molar-refractivity contribution in [2.45, 2.75) is 50.3 Å². The molecule has 0 saturated heterocycles. The number of carbonyl (C=O) groups excluding carboxylic acids is 2. The van der Waals surface area contributed by atoms with E-state index in [4.69, 9.17) is 9.47 Å². The molecule has 43 heavy (non-hydrogen) atoms. The minimum Gasteiger partial charge on any atom is -0.481 e. The molecule has 4 rings (SSSR count). The first-order valence-corrected chi connectivity index (χ1v) is 15.8. The summed E-state index contributed by atoms with van der Waals surface area (Å²) in [5, 5.41) is 4.24. The van der Waals surface area contributed by atoms with Crippen molar-refractivity contribution in [3.05, 3.63) is 59.9 Å². The Balaban J connectivity index is 0.000000376. The maximum atomic E-state index is 11.2. The number of pyridine rings is 2. The van der Waals surface area contributed by atoms with Gasteiger partial charge in [0.25, 0.3) is 0 Å². The van der Waals surface area contributed by atoms with Crippen molar-refractivity contribution >= 4 is 57.3 Å². The fraction of sp³-hybridized carbons (Fsp3) is 0.394. The Morgan fingerprint density at radius 3 is 1.58 bits per heavy atom. The third kappa shape index (κ3) is 12.1. The molecule has 2 heterocycles. The van der Waals surface area contributed by atoms with E-state index < -0.39 is 0 Å². The molecule has 0 fully saturated rings. The third-order valence-electron chi connectivity index (χ3n) is 5.53. The van der Waals surface area contributed by atoms with E-state index in [1.54, 1.807) is 52.0 Å². The second-order valence-electron chi connectivity index (χ2n) is 8.64. The summed E-state index contributed by atoms with van der Waals surface area (Å²) in [5.41, 5.74) is 1.85. The molecule has 0 saturated carbocycles. The van der Waals surface area contributed by atoms with Gasteiger partial charge in [0.1, 0.15) is 6.29 Å². The zero-order valence-electron chi connectivity index (χ0n) is 26.7. The highest BCUT2D eigenvalue weighted by Gasteiger charge is 2.10. The fourth-order valence-corrected chi connectivity index (χ4v) is 5.73. The van der Waals surface area contributed by atoms with Crippen molar-refractivity contribution < 1.29 is 28.5 Å². The summed E-state index contributed by atoms with van der Waals surface area (Å²) >= 11 is 3.33. The first-order chi connectivity index (χ1) is 20.8. The van der Waals surface area contributed by atoms with Gasteiger partial charge in [-0.15, -0.1) is 23.5 Å². The van der Waals surface area contributed by atoms with Crippen molar-refractivity contribution in [2.24, 2.45) is 0 Å². The first-order valence-electron chi connectivity index (χ1n) is 13.9. The van der Waals surface area contributed by atoms with Crippen molar-refractivity contribution in [3.63, 3.8) is 0 Å². The van der Waals surface area contributed by atoms with E-state index in [2.05, 4.69) is 31.6 Å². The SMILES string of the molecule is CC.COC.COC(=O)CCSc1cccc2c(OC)nc(C)cc12.COc1nc(C)cc2c(SCCC=O)cccc12. The van der Waals surface area contributed by atoms with Crippen LogP contribution in [0.4, 0.5) is 0 Å². The number of carbonyl (C=O) groups is 2. The summed E-state index contributed by atoms with van der Waals surface area (Å²) in [5.74, 6) is 2.59. The Bertz CT molecular complexity index is 1430. The lowest BCUT2D eigenvalue weighted by Crippen LogP contribution is -2.01. The van der Waals surface area contributed by atoms with E-state index in [0.717, 1.165) is 54.8 Å². The van der Waals surface area contributed by atoms with Crippen molar-refractivity contribution in [3.8, 4) is 11.8 Å². The fourth-order valence-electron chi connectivity index (χ4n) is 3.81. The molecule has 4 aromatic rings. The largest absolute Gasteiger partial charge is 0.481 e. The molecule has 0 N–H and O–H groups in total. The van der Waals surface area contributed by atoms with Crippen molar-refractivity contribution in [1.82, 2.24) is 9.97 Å². The number of rotatable bonds is 10. The lowest BCUT2D eigenvalue weighted by molar-refractivity contribution is -0.140. The number of ether oxygens (including phenoxy) is 4. The number of aromatic nitrogens is 2. The molecular formula is C33H44N2O6S2. The summed E-state index contributed by atoms with van der Waals surface area (Å²) in [6, 6.07) is 16.2. The number of hydrogen-bond acceptors (Lipinski definition) is 10. The van der Waals surface area contributed by atoms with Gasteiger partial charge in [-0.05, 0) is 50.2 Å². The van der Waals surface area contributed by atoms with Gasteiger partial charge < -0.3 is 23.7 Å². The quantitative estimate of drug-likeness (QED) is 0.0751. The average Bonchev–Trinajstić information content (AvgIpc) is 3.02. The van der Waals surface area contributed by atoms with Crippen molar-refractivity contribution in [2.75, 3.05) is 47.1 Å². The molecule has 8 nitrogen and oxygen atoms in total. The highest BCUT2D eigenvalue weighted by atomic mass is 32.2. The van der Waals surface area contributed by atoms with Crippen LogP contribution in [0.15, 0.2) is 58.3 Å². The lowest BCUT2D eigenvalue weighted by Gasteiger charge is -2.10. The minimum atomic E-state index is -0.187. The number of thioether (sulfide) groups is 2. The normalized spacial score (nSPS) is 9.88. The number of esters is 1. The molecule has 0 spiro atoms. The zero-order chi connectivity index (χ0) is 32.2. The predicted octanol–water partition coefficient (Wildman–Crippen LogP) is 7.73. The minimum absolute atomic E-state index is 0.187. The standard InChI is InChI=1S/C15H17NO3S.C14H15NO2S.C2H6O.C2H6/c1-10-9-12-11(15(16-10)19-3)5-4-6-13(12)20-8-7-14(17)18-2;1-10-9-12-11(14(15-10)17-2)5-3-6-13(12)18-8-4-7-16;1-3-2;1-2/h4-6,9H,7-8H2,1-3H3;3,5-7,9H,4,8H2,1-2H3;1-2H3;1-2H3. The van der Waals surface area contributed by atoms with Crippen molar-refractivity contribution in [1.29, 1.82) is 0 Å². The number of nitrogens with zero attached hydrogens (tertiary/aromatic N) is 2. The Kier molecular flexibility index (Phi) is 18.7. The molecule has 234 valence electrons. The molecular weight excluding hydrogens is 585 g/mol. The van der Waals surface area contributed by atoms with Crippen LogP contribution < -0.4 is 9.47 Å². The Morgan fingerprint density at radius 2 is 1.19 bits per heavy atom. The summed E-state index contributed by atoms with van der Waals surface area (Å²) in [6.07, 6.45) is 1.92. The molecule has 0 unspecified atom stereocenters. The Hall–Kier alpha value is -3.34. The van der Waals surface area contributed by atoms with Crippen LogP contribution in [0.3, 0.4) is 0 Å². The number of hydrogen-bond donors (Lipinski definition) is 0. The second-order valence-corrected chi connectivity index (χ2v) is 10.9. The Morgan fingerprint density at radius 1 is 0.744 bits per heavy atom. The van der Waals surface area contributed by atoms with Crippen LogP contribution in [0.25, 0.3) is 21.5 Å². The summed E-state index contributed by atoms with van der Waals surface area (Å²) in [6.45, 7) is 7.90. The van der Waals surface area contributed by atoms with Gasteiger partial charge in [-0.1, -0.05) is 26.0 Å². The number of fused-ring (bicyclic) bond motifs is 2. The number of benzene rings is 2. The smallest absolute Gasteiger partial charge is 0.306 e. The molecule has 0 atom stereocenters. The van der Waals surface area contributed by atoms with E-state index in [9.17, 15) is 9.59 Å². The summed E-state index contributed by atoms with van der Waals surface area (Å²) in [7, 11) is 7.91. The van der Waals surface area contributed by atoms with Gasteiger partial charge >= 0.3 is 5.97 Å². The van der Waals surface area contributed by atoms with Gasteiger partial charge in [0.05, 0.1) is 27.8 Å². The molecule has 2 aromatic carbocycles. The molecule has 0 aliphatic carbocycles. The van der Waals surface area contributed by atoms with Gasteiger partial charge in [-0.2, -0.15) is 0 Å². The van der Waals surface area contributed by atoms with Crippen LogP contribution in [-0.4, -0.2) is 69.3 Å². The zero-order valence-corrected chi connectivity index (χ0v) is 28.3. The maximum Gasteiger partial charge on any atom is 0.306 e. The van der Waals surface area contributed by atoms with E-state index in [0.29, 0.717) is 30.4 Å². The molecule has 0 amide bonds. The summed E-state index contributed by atoms with van der Waals surface area (Å²) < 4.78 is 19.5. The van der Waals surface area contributed by atoms with Gasteiger partial charge in [-0.3, -0.25) is 4.79 Å². The lowest BCUT2D eigenvalue weighted by atomic mass is 10.1. The van der Waals surface area contributed by atoms with E-state index >= 15 is 0 Å². The van der Waals surface area contributed by atoms with Gasteiger partial charge in [0.15, 0.2) is 0 Å². The van der Waals surface area contributed by atoms with Crippen LogP contribution in [-0.2, 0) is 19.1 Å². The third-order valence-corrected chi connectivity index (χ3v) is 7.71. The highest BCUT2D eigenvalue weighted by molar-refractivity contribution is 7.99. The molecule has 2 aromatic heterocycles. The van der Waals surface area contributed by atoms with Crippen LogP contribution >= 0.6 is 23.5 Å². The van der Waals surface area contributed by atoms with Gasteiger partial charge in [-0.25, -0.2) is 9.97 Å². The molecule has 0 radical (unpaired) electrons.